The largest absolute Gasteiger partial charge is 0.482 e. The number of halogens is 3. The van der Waals surface area contributed by atoms with E-state index in [-0.39, 0.29) is 23.8 Å². The van der Waals surface area contributed by atoms with Gasteiger partial charge in [-0.1, -0.05) is 12.1 Å². The van der Waals surface area contributed by atoms with E-state index in [9.17, 15) is 18.0 Å². The Morgan fingerprint density at radius 1 is 1.32 bits per heavy atom. The molecule has 0 radical (unpaired) electrons. The van der Waals surface area contributed by atoms with Crippen molar-refractivity contribution in [3.05, 3.63) is 36.9 Å². The number of nitrogens with one attached hydrogen (secondary N) is 1. The summed E-state index contributed by atoms with van der Waals surface area (Å²) < 4.78 is 42.7. The van der Waals surface area contributed by atoms with Gasteiger partial charge >= 0.3 is 6.18 Å². The van der Waals surface area contributed by atoms with Crippen molar-refractivity contribution in [3.8, 4) is 5.75 Å². The van der Waals surface area contributed by atoms with Gasteiger partial charge in [0.15, 0.2) is 6.61 Å². The summed E-state index contributed by atoms with van der Waals surface area (Å²) in [4.78, 5) is 15.5. The summed E-state index contributed by atoms with van der Waals surface area (Å²) in [5.41, 5.74) is 0.190. The first-order chi connectivity index (χ1) is 10.4. The van der Waals surface area contributed by atoms with E-state index in [4.69, 9.17) is 0 Å². The van der Waals surface area contributed by atoms with Crippen LogP contribution in [0.4, 0.5) is 18.9 Å². The first kappa shape index (κ1) is 15.8. The highest BCUT2D eigenvalue weighted by Gasteiger charge is 2.28. The Bertz CT molecular complexity index is 614. The molecule has 2 rings (SSSR count). The van der Waals surface area contributed by atoms with Gasteiger partial charge < -0.3 is 10.1 Å². The average Bonchev–Trinajstić information content (AvgIpc) is 2.97. The van der Waals surface area contributed by atoms with E-state index < -0.39 is 12.8 Å². The van der Waals surface area contributed by atoms with Crippen LogP contribution in [-0.4, -0.2) is 33.5 Å². The van der Waals surface area contributed by atoms with Gasteiger partial charge in [-0.15, -0.1) is 0 Å². The molecule has 22 heavy (non-hydrogen) atoms. The molecule has 1 heterocycles. The Morgan fingerprint density at radius 2 is 2.09 bits per heavy atom. The van der Waals surface area contributed by atoms with Gasteiger partial charge in [0.2, 0.25) is 5.91 Å². The molecule has 1 aromatic carbocycles. The first-order valence-electron chi connectivity index (χ1n) is 6.35. The molecular formula is C13H13F3N4O2. The summed E-state index contributed by atoms with van der Waals surface area (Å²) in [6, 6.07) is 5.95. The minimum atomic E-state index is -4.44. The predicted molar refractivity (Wildman–Crippen MR) is 71.3 cm³/mol. The Labute approximate surface area is 123 Å². The number of alkyl halides is 3. The fourth-order valence-corrected chi connectivity index (χ4v) is 1.63. The maximum absolute atomic E-state index is 12.2. The summed E-state index contributed by atoms with van der Waals surface area (Å²) in [5.74, 6) is -0.396. The van der Waals surface area contributed by atoms with E-state index in [0.29, 0.717) is 6.54 Å². The maximum atomic E-state index is 12.2. The smallest absolute Gasteiger partial charge is 0.422 e. The standard InChI is InChI=1S/C13H13F3N4O2/c14-13(15,16)7-22-11-4-2-1-3-10(11)19-12(21)5-6-20-9-17-8-18-20/h1-4,8-9H,5-7H2,(H,19,21). The monoisotopic (exact) mass is 314 g/mol. The van der Waals surface area contributed by atoms with Gasteiger partial charge in [-0.25, -0.2) is 4.98 Å². The number of hydrogen-bond acceptors (Lipinski definition) is 4. The molecule has 0 saturated heterocycles. The number of benzene rings is 1. The topological polar surface area (TPSA) is 69.0 Å². The van der Waals surface area contributed by atoms with Crippen molar-refractivity contribution in [1.29, 1.82) is 0 Å². The molecule has 9 heteroatoms. The van der Waals surface area contributed by atoms with Gasteiger partial charge in [-0.3, -0.25) is 9.48 Å². The summed E-state index contributed by atoms with van der Waals surface area (Å²) >= 11 is 0. The highest BCUT2D eigenvalue weighted by atomic mass is 19.4. The van der Waals surface area contributed by atoms with Crippen LogP contribution in [0.2, 0.25) is 0 Å². The van der Waals surface area contributed by atoms with Gasteiger partial charge in [-0.05, 0) is 12.1 Å². The predicted octanol–water partition coefficient (Wildman–Crippen LogP) is 2.25. The molecule has 0 bridgehead atoms. The number of aryl methyl sites for hydroxylation is 1. The lowest BCUT2D eigenvalue weighted by atomic mass is 10.2. The minimum absolute atomic E-state index is 0.0334. The van der Waals surface area contributed by atoms with Gasteiger partial charge in [0.05, 0.1) is 12.2 Å². The highest BCUT2D eigenvalue weighted by Crippen LogP contribution is 2.26. The zero-order chi connectivity index (χ0) is 16.0. The molecule has 6 nitrogen and oxygen atoms in total. The highest BCUT2D eigenvalue weighted by molar-refractivity contribution is 5.92. The molecule has 0 saturated carbocycles. The van der Waals surface area contributed by atoms with Crippen molar-refractivity contribution < 1.29 is 22.7 Å². The van der Waals surface area contributed by atoms with Crippen LogP contribution in [0.5, 0.6) is 5.75 Å². The Morgan fingerprint density at radius 3 is 2.77 bits per heavy atom. The van der Waals surface area contributed by atoms with Gasteiger partial charge in [0.1, 0.15) is 18.4 Å². The third kappa shape index (κ3) is 5.08. The van der Waals surface area contributed by atoms with E-state index in [0.717, 1.165) is 0 Å². The molecule has 1 aromatic heterocycles. The van der Waals surface area contributed by atoms with Crippen molar-refractivity contribution in [1.82, 2.24) is 14.8 Å². The molecule has 1 amide bonds. The van der Waals surface area contributed by atoms with Crippen molar-refractivity contribution in [3.63, 3.8) is 0 Å². The first-order valence-corrected chi connectivity index (χ1v) is 6.35. The maximum Gasteiger partial charge on any atom is 0.422 e. The van der Waals surface area contributed by atoms with Crippen molar-refractivity contribution in [2.24, 2.45) is 0 Å². The van der Waals surface area contributed by atoms with Crippen LogP contribution < -0.4 is 10.1 Å². The lowest BCUT2D eigenvalue weighted by Crippen LogP contribution is -2.20. The third-order valence-electron chi connectivity index (χ3n) is 2.59. The van der Waals surface area contributed by atoms with Crippen LogP contribution in [0.1, 0.15) is 6.42 Å². The number of ether oxygens (including phenoxy) is 1. The van der Waals surface area contributed by atoms with E-state index in [1.54, 1.807) is 6.07 Å². The van der Waals surface area contributed by atoms with Crippen molar-refractivity contribution in [2.45, 2.75) is 19.1 Å². The van der Waals surface area contributed by atoms with Crippen LogP contribution in [0, 0.1) is 0 Å². The number of aromatic nitrogens is 3. The second-order valence-electron chi connectivity index (χ2n) is 4.36. The number of rotatable bonds is 6. The number of nitrogens with zero attached hydrogens (tertiary/aromatic N) is 3. The number of carbonyl (C=O) groups is 1. The van der Waals surface area contributed by atoms with Gasteiger partial charge in [0.25, 0.3) is 0 Å². The van der Waals surface area contributed by atoms with E-state index >= 15 is 0 Å². The summed E-state index contributed by atoms with van der Waals surface area (Å²) in [7, 11) is 0. The van der Waals surface area contributed by atoms with Crippen molar-refractivity contribution >= 4 is 11.6 Å². The summed E-state index contributed by atoms with van der Waals surface area (Å²) in [6.45, 7) is -1.10. The fraction of sp³-hybridized carbons (Fsp3) is 0.308. The second kappa shape index (κ2) is 6.92. The number of hydrogen-bond donors (Lipinski definition) is 1. The van der Waals surface area contributed by atoms with Gasteiger partial charge in [0, 0.05) is 6.42 Å². The molecule has 0 fully saturated rings. The van der Waals surface area contributed by atoms with E-state index in [2.05, 4.69) is 20.1 Å². The van der Waals surface area contributed by atoms with Crippen LogP contribution in [0.25, 0.3) is 0 Å². The number of carbonyl (C=O) groups excluding carboxylic acids is 1. The quantitative estimate of drug-likeness (QED) is 0.888. The fourth-order valence-electron chi connectivity index (χ4n) is 1.63. The Balaban J connectivity index is 1.92. The van der Waals surface area contributed by atoms with Crippen LogP contribution in [-0.2, 0) is 11.3 Å². The number of amides is 1. The summed E-state index contributed by atoms with van der Waals surface area (Å²) in [6.07, 6.45) is -1.52. The third-order valence-corrected chi connectivity index (χ3v) is 2.59. The lowest BCUT2D eigenvalue weighted by molar-refractivity contribution is -0.153. The van der Waals surface area contributed by atoms with Crippen LogP contribution in [0.3, 0.4) is 0 Å². The number of para-hydroxylation sites is 2. The van der Waals surface area contributed by atoms with Crippen LogP contribution in [0.15, 0.2) is 36.9 Å². The molecule has 118 valence electrons. The van der Waals surface area contributed by atoms with Crippen LogP contribution >= 0.6 is 0 Å². The molecule has 0 aliphatic rings. The molecule has 0 spiro atoms. The molecule has 0 unspecified atom stereocenters. The lowest BCUT2D eigenvalue weighted by Gasteiger charge is -2.13. The normalized spacial score (nSPS) is 11.2. The molecule has 2 aromatic rings. The zero-order valence-corrected chi connectivity index (χ0v) is 11.4. The molecule has 1 N–H and O–H groups in total. The second-order valence-corrected chi connectivity index (χ2v) is 4.36. The molecular weight excluding hydrogens is 301 g/mol. The zero-order valence-electron chi connectivity index (χ0n) is 11.4. The SMILES string of the molecule is O=C(CCn1cncn1)Nc1ccccc1OCC(F)(F)F. The summed E-state index contributed by atoms with van der Waals surface area (Å²) in [5, 5.41) is 6.36. The molecule has 0 atom stereocenters. The molecule has 0 aliphatic carbocycles. The van der Waals surface area contributed by atoms with Crippen molar-refractivity contribution in [2.75, 3.05) is 11.9 Å². The van der Waals surface area contributed by atoms with E-state index in [1.807, 2.05) is 0 Å². The van der Waals surface area contributed by atoms with Gasteiger partial charge in [-0.2, -0.15) is 18.3 Å². The molecule has 0 aliphatic heterocycles. The Kier molecular flexibility index (Phi) is 4.97. The Hall–Kier alpha value is -2.58. The minimum Gasteiger partial charge on any atom is -0.482 e. The number of anilines is 1. The average molecular weight is 314 g/mol. The van der Waals surface area contributed by atoms with E-state index in [1.165, 1.54) is 35.5 Å².